The summed E-state index contributed by atoms with van der Waals surface area (Å²) >= 11 is 6.21. The highest BCUT2D eigenvalue weighted by atomic mass is 35.5. The van der Waals surface area contributed by atoms with E-state index in [1.165, 1.54) is 0 Å². The Hall–Kier alpha value is -1.16. The van der Waals surface area contributed by atoms with E-state index in [-0.39, 0.29) is 18.6 Å². The highest BCUT2D eigenvalue weighted by Gasteiger charge is 2.28. The number of aliphatic hydroxyl groups is 1. The summed E-state index contributed by atoms with van der Waals surface area (Å²) < 4.78 is 5.87. The van der Waals surface area contributed by atoms with Crippen LogP contribution in [0.15, 0.2) is 30.5 Å². The number of hydrogen-bond acceptors (Lipinski definition) is 3. The van der Waals surface area contributed by atoms with Crippen LogP contribution in [0.4, 0.5) is 0 Å². The van der Waals surface area contributed by atoms with Gasteiger partial charge in [0.05, 0.1) is 11.6 Å². The Morgan fingerprint density at radius 1 is 1.37 bits per heavy atom. The van der Waals surface area contributed by atoms with Gasteiger partial charge in [-0.2, -0.15) is 0 Å². The van der Waals surface area contributed by atoms with Crippen molar-refractivity contribution in [3.05, 3.63) is 41.0 Å². The van der Waals surface area contributed by atoms with E-state index in [1.54, 1.807) is 6.20 Å². The van der Waals surface area contributed by atoms with Gasteiger partial charge in [0, 0.05) is 41.3 Å². The number of aliphatic hydroxyl groups excluding tert-OH is 1. The lowest BCUT2D eigenvalue weighted by Crippen LogP contribution is -2.25. The smallest absolute Gasteiger partial charge is 0.0896 e. The normalized spacial score (nSPS) is 23.7. The fourth-order valence-corrected chi connectivity index (χ4v) is 2.98. The van der Waals surface area contributed by atoms with Crippen LogP contribution in [0.1, 0.15) is 24.5 Å². The summed E-state index contributed by atoms with van der Waals surface area (Å²) in [5, 5.41) is 11.2. The third-order valence-corrected chi connectivity index (χ3v) is 4.06. The first-order chi connectivity index (χ1) is 9.31. The van der Waals surface area contributed by atoms with Crippen LogP contribution >= 0.6 is 11.6 Å². The molecular weight excluding hydrogens is 262 g/mol. The second-order valence-corrected chi connectivity index (χ2v) is 5.32. The fraction of sp³-hybridized carbons (Fsp3) is 0.400. The van der Waals surface area contributed by atoms with Crippen LogP contribution in [0.3, 0.4) is 0 Å². The first-order valence-electron chi connectivity index (χ1n) is 6.57. The van der Waals surface area contributed by atoms with Crippen molar-refractivity contribution in [3.63, 3.8) is 0 Å². The van der Waals surface area contributed by atoms with Crippen LogP contribution in [0.25, 0.3) is 10.9 Å². The van der Waals surface area contributed by atoms with Gasteiger partial charge >= 0.3 is 0 Å². The topological polar surface area (TPSA) is 42.4 Å². The summed E-state index contributed by atoms with van der Waals surface area (Å²) in [4.78, 5) is 4.44. The molecule has 0 aliphatic carbocycles. The molecule has 2 atom stereocenters. The fourth-order valence-electron chi connectivity index (χ4n) is 2.76. The number of benzene rings is 1. The average molecular weight is 278 g/mol. The summed E-state index contributed by atoms with van der Waals surface area (Å²) in [5.74, 6) is 0.139. The van der Waals surface area contributed by atoms with Gasteiger partial charge in [-0.05, 0) is 31.0 Å². The molecule has 1 aromatic carbocycles. The number of ether oxygens (including phenoxy) is 1. The van der Waals surface area contributed by atoms with E-state index in [2.05, 4.69) is 4.98 Å². The molecule has 3 nitrogen and oxygen atoms in total. The number of aromatic nitrogens is 1. The van der Waals surface area contributed by atoms with Crippen LogP contribution < -0.4 is 0 Å². The van der Waals surface area contributed by atoms with Crippen LogP contribution in [0.2, 0.25) is 5.02 Å². The summed E-state index contributed by atoms with van der Waals surface area (Å²) in [6.45, 7) is 0.875. The first kappa shape index (κ1) is 12.9. The summed E-state index contributed by atoms with van der Waals surface area (Å²) in [7, 11) is 0. The number of hydrogen-bond donors (Lipinski definition) is 1. The van der Waals surface area contributed by atoms with E-state index in [0.29, 0.717) is 5.02 Å². The molecule has 2 unspecified atom stereocenters. The van der Waals surface area contributed by atoms with Gasteiger partial charge in [-0.25, -0.2) is 0 Å². The van der Waals surface area contributed by atoms with Crippen molar-refractivity contribution in [3.8, 4) is 0 Å². The van der Waals surface area contributed by atoms with Gasteiger partial charge in [-0.3, -0.25) is 4.98 Å². The highest BCUT2D eigenvalue weighted by Crippen LogP contribution is 2.37. The molecule has 0 spiro atoms. The van der Waals surface area contributed by atoms with E-state index in [0.717, 1.165) is 35.9 Å². The molecular formula is C15H16ClNO2. The molecule has 4 heteroatoms. The molecule has 100 valence electrons. The van der Waals surface area contributed by atoms with E-state index < -0.39 is 0 Å². The van der Waals surface area contributed by atoms with Gasteiger partial charge in [0.15, 0.2) is 0 Å². The maximum atomic E-state index is 9.52. The molecule has 1 aliphatic rings. The van der Waals surface area contributed by atoms with Crippen LogP contribution in [-0.2, 0) is 4.74 Å². The Morgan fingerprint density at radius 3 is 3.11 bits per heavy atom. The maximum Gasteiger partial charge on any atom is 0.0896 e. The number of halogens is 1. The molecule has 1 fully saturated rings. The van der Waals surface area contributed by atoms with Crippen LogP contribution in [0.5, 0.6) is 0 Å². The van der Waals surface area contributed by atoms with E-state index in [9.17, 15) is 5.11 Å². The number of pyridine rings is 1. The molecule has 1 aliphatic heterocycles. The molecule has 0 bridgehead atoms. The predicted octanol–water partition coefficient (Wildman–Crippen LogP) is 3.35. The van der Waals surface area contributed by atoms with Crippen molar-refractivity contribution < 1.29 is 9.84 Å². The first-order valence-corrected chi connectivity index (χ1v) is 6.94. The Kier molecular flexibility index (Phi) is 3.69. The third-order valence-electron chi connectivity index (χ3n) is 3.73. The Bertz CT molecular complexity index is 587. The molecule has 0 radical (unpaired) electrons. The Labute approximate surface area is 117 Å². The number of nitrogens with zero attached hydrogens (tertiary/aromatic N) is 1. The predicted molar refractivity (Wildman–Crippen MR) is 75.3 cm³/mol. The average Bonchev–Trinajstić information content (AvgIpc) is 2.48. The summed E-state index contributed by atoms with van der Waals surface area (Å²) in [6.07, 6.45) is 3.66. The van der Waals surface area contributed by atoms with Crippen LogP contribution in [-0.4, -0.2) is 23.3 Å². The second kappa shape index (κ2) is 5.45. The van der Waals surface area contributed by atoms with E-state index in [1.807, 2.05) is 24.3 Å². The molecule has 2 heterocycles. The molecule has 1 N–H and O–H groups in total. The minimum absolute atomic E-state index is 0.0894. The second-order valence-electron chi connectivity index (χ2n) is 4.91. The third kappa shape index (κ3) is 2.34. The molecule has 3 rings (SSSR count). The molecule has 0 amide bonds. The van der Waals surface area contributed by atoms with Crippen molar-refractivity contribution in [1.29, 1.82) is 0 Å². The Balaban J connectivity index is 2.11. The van der Waals surface area contributed by atoms with Crippen molar-refractivity contribution >= 4 is 22.5 Å². The molecule has 0 saturated carbocycles. The standard InChI is InChI=1S/C15H16ClNO2/c16-13-6-5-12(14-11(13)4-1-7-17-14)15-10(9-18)3-2-8-19-15/h1,4-7,10,15,18H,2-3,8-9H2. The van der Waals surface area contributed by atoms with Gasteiger partial charge in [0.2, 0.25) is 0 Å². The van der Waals surface area contributed by atoms with Gasteiger partial charge in [0.1, 0.15) is 0 Å². The molecule has 1 aromatic heterocycles. The van der Waals surface area contributed by atoms with Gasteiger partial charge < -0.3 is 9.84 Å². The van der Waals surface area contributed by atoms with Gasteiger partial charge in [0.25, 0.3) is 0 Å². The zero-order chi connectivity index (χ0) is 13.2. The largest absolute Gasteiger partial charge is 0.396 e. The minimum Gasteiger partial charge on any atom is -0.396 e. The maximum absolute atomic E-state index is 9.52. The Morgan fingerprint density at radius 2 is 2.26 bits per heavy atom. The molecule has 19 heavy (non-hydrogen) atoms. The SMILES string of the molecule is OCC1CCCOC1c1ccc(Cl)c2cccnc12. The van der Waals surface area contributed by atoms with Gasteiger partial charge in [-0.1, -0.05) is 17.7 Å². The zero-order valence-electron chi connectivity index (χ0n) is 10.6. The minimum atomic E-state index is -0.0894. The quantitative estimate of drug-likeness (QED) is 0.915. The van der Waals surface area contributed by atoms with Crippen LogP contribution in [0, 0.1) is 5.92 Å². The number of fused-ring (bicyclic) bond motifs is 1. The van der Waals surface area contributed by atoms with Crippen molar-refractivity contribution in [1.82, 2.24) is 4.98 Å². The lowest BCUT2D eigenvalue weighted by atomic mass is 9.89. The monoisotopic (exact) mass is 277 g/mol. The molecule has 1 saturated heterocycles. The lowest BCUT2D eigenvalue weighted by molar-refractivity contribution is -0.0450. The van der Waals surface area contributed by atoms with Gasteiger partial charge in [-0.15, -0.1) is 0 Å². The summed E-state index contributed by atoms with van der Waals surface area (Å²) in [6, 6.07) is 7.69. The van der Waals surface area contributed by atoms with Crippen molar-refractivity contribution in [2.24, 2.45) is 5.92 Å². The highest BCUT2D eigenvalue weighted by molar-refractivity contribution is 6.35. The van der Waals surface area contributed by atoms with Crippen molar-refractivity contribution in [2.45, 2.75) is 18.9 Å². The summed E-state index contributed by atoms with van der Waals surface area (Å²) in [5.41, 5.74) is 1.90. The van der Waals surface area contributed by atoms with E-state index in [4.69, 9.17) is 16.3 Å². The zero-order valence-corrected chi connectivity index (χ0v) is 11.3. The van der Waals surface area contributed by atoms with Crippen molar-refractivity contribution in [2.75, 3.05) is 13.2 Å². The molecule has 2 aromatic rings. The lowest BCUT2D eigenvalue weighted by Gasteiger charge is -2.31. The number of rotatable bonds is 2. The van der Waals surface area contributed by atoms with E-state index >= 15 is 0 Å².